The van der Waals surface area contributed by atoms with Gasteiger partial charge in [0, 0.05) is 25.8 Å². The maximum Gasteiger partial charge on any atom is 0.230 e. The SMILES string of the molecule is NC(CNC(=O)C1(c2cccc(F)c2)CCOCC1)c1ccccc1. The Labute approximate surface area is 147 Å². The quantitative estimate of drug-likeness (QED) is 0.878. The second kappa shape index (κ2) is 7.76. The summed E-state index contributed by atoms with van der Waals surface area (Å²) < 4.78 is 19.1. The first-order valence-electron chi connectivity index (χ1n) is 8.54. The molecule has 1 heterocycles. The van der Waals surface area contributed by atoms with Crippen LogP contribution in [0.2, 0.25) is 0 Å². The zero-order valence-electron chi connectivity index (χ0n) is 14.1. The van der Waals surface area contributed by atoms with Crippen LogP contribution < -0.4 is 11.1 Å². The molecule has 1 saturated heterocycles. The number of rotatable bonds is 5. The molecule has 0 aromatic heterocycles. The summed E-state index contributed by atoms with van der Waals surface area (Å²) in [6, 6.07) is 15.6. The Kier molecular flexibility index (Phi) is 5.46. The molecule has 3 N–H and O–H groups in total. The molecule has 2 aromatic carbocycles. The standard InChI is InChI=1S/C20H23FN2O2/c21-17-8-4-7-16(13-17)20(9-11-25-12-10-20)19(24)23-14-18(22)15-5-2-1-3-6-15/h1-8,13,18H,9-12,14,22H2,(H,23,24). The van der Waals surface area contributed by atoms with Gasteiger partial charge in [-0.2, -0.15) is 0 Å². The second-order valence-electron chi connectivity index (χ2n) is 6.43. The third-order valence-corrected chi connectivity index (χ3v) is 4.87. The Bertz CT molecular complexity index is 715. The van der Waals surface area contributed by atoms with E-state index in [0.717, 1.165) is 5.56 Å². The van der Waals surface area contributed by atoms with Crippen molar-refractivity contribution in [3.05, 3.63) is 71.5 Å². The highest BCUT2D eigenvalue weighted by molar-refractivity contribution is 5.88. The van der Waals surface area contributed by atoms with Crippen LogP contribution >= 0.6 is 0 Å². The highest BCUT2D eigenvalue weighted by atomic mass is 19.1. The Morgan fingerprint density at radius 3 is 2.56 bits per heavy atom. The van der Waals surface area contributed by atoms with Crippen molar-refractivity contribution in [2.45, 2.75) is 24.3 Å². The zero-order chi connectivity index (χ0) is 17.7. The number of hydrogen-bond donors (Lipinski definition) is 2. The summed E-state index contributed by atoms with van der Waals surface area (Å²) in [7, 11) is 0. The third-order valence-electron chi connectivity index (χ3n) is 4.87. The van der Waals surface area contributed by atoms with Gasteiger partial charge >= 0.3 is 0 Å². The molecule has 3 rings (SSSR count). The lowest BCUT2D eigenvalue weighted by Crippen LogP contribution is -2.49. The molecule has 1 fully saturated rings. The van der Waals surface area contributed by atoms with E-state index in [1.54, 1.807) is 6.07 Å². The highest BCUT2D eigenvalue weighted by Crippen LogP contribution is 2.35. The van der Waals surface area contributed by atoms with Crippen LogP contribution in [-0.4, -0.2) is 25.7 Å². The number of hydrogen-bond acceptors (Lipinski definition) is 3. The van der Waals surface area contributed by atoms with Gasteiger partial charge in [-0.05, 0) is 36.1 Å². The molecule has 1 atom stereocenters. The molecule has 25 heavy (non-hydrogen) atoms. The molecule has 5 heteroatoms. The number of amides is 1. The van der Waals surface area contributed by atoms with Crippen LogP contribution in [-0.2, 0) is 14.9 Å². The van der Waals surface area contributed by atoms with Gasteiger partial charge in [-0.25, -0.2) is 4.39 Å². The molecule has 132 valence electrons. The van der Waals surface area contributed by atoms with Crippen molar-refractivity contribution in [2.75, 3.05) is 19.8 Å². The van der Waals surface area contributed by atoms with E-state index in [0.29, 0.717) is 38.2 Å². The summed E-state index contributed by atoms with van der Waals surface area (Å²) in [5.74, 6) is -0.454. The molecule has 0 radical (unpaired) electrons. The number of nitrogens with two attached hydrogens (primary N) is 1. The Balaban J connectivity index is 1.76. The van der Waals surface area contributed by atoms with Crippen LogP contribution in [0.25, 0.3) is 0 Å². The predicted octanol–water partition coefficient (Wildman–Crippen LogP) is 2.69. The minimum atomic E-state index is -0.767. The molecule has 4 nitrogen and oxygen atoms in total. The topological polar surface area (TPSA) is 64.3 Å². The van der Waals surface area contributed by atoms with Gasteiger partial charge in [0.2, 0.25) is 5.91 Å². The van der Waals surface area contributed by atoms with Crippen LogP contribution in [0.15, 0.2) is 54.6 Å². The van der Waals surface area contributed by atoms with Crippen molar-refractivity contribution >= 4 is 5.91 Å². The van der Waals surface area contributed by atoms with Gasteiger partial charge in [0.05, 0.1) is 5.41 Å². The summed E-state index contributed by atoms with van der Waals surface area (Å²) >= 11 is 0. The fraction of sp³-hybridized carbons (Fsp3) is 0.350. The number of carbonyl (C=O) groups is 1. The Morgan fingerprint density at radius 2 is 1.88 bits per heavy atom. The number of benzene rings is 2. The molecule has 0 aliphatic carbocycles. The highest BCUT2D eigenvalue weighted by Gasteiger charge is 2.41. The lowest BCUT2D eigenvalue weighted by Gasteiger charge is -2.36. The van der Waals surface area contributed by atoms with E-state index in [4.69, 9.17) is 10.5 Å². The van der Waals surface area contributed by atoms with Crippen LogP contribution in [0.3, 0.4) is 0 Å². The van der Waals surface area contributed by atoms with Crippen molar-refractivity contribution in [3.63, 3.8) is 0 Å². The van der Waals surface area contributed by atoms with E-state index in [9.17, 15) is 9.18 Å². The van der Waals surface area contributed by atoms with Crippen molar-refractivity contribution in [1.29, 1.82) is 0 Å². The van der Waals surface area contributed by atoms with Gasteiger partial charge in [-0.15, -0.1) is 0 Å². The molecular formula is C20H23FN2O2. The van der Waals surface area contributed by atoms with E-state index in [2.05, 4.69) is 5.32 Å². The monoisotopic (exact) mass is 342 g/mol. The summed E-state index contributed by atoms with van der Waals surface area (Å²) in [6.45, 7) is 1.30. The van der Waals surface area contributed by atoms with E-state index in [1.165, 1.54) is 12.1 Å². The smallest absolute Gasteiger partial charge is 0.230 e. The van der Waals surface area contributed by atoms with Crippen molar-refractivity contribution < 1.29 is 13.9 Å². The molecule has 2 aromatic rings. The lowest BCUT2D eigenvalue weighted by molar-refractivity contribution is -0.130. The fourth-order valence-electron chi connectivity index (χ4n) is 3.34. The molecule has 0 bridgehead atoms. The number of halogens is 1. The largest absolute Gasteiger partial charge is 0.381 e. The number of ether oxygens (including phenoxy) is 1. The summed E-state index contributed by atoms with van der Waals surface area (Å²) in [4.78, 5) is 13.0. The Hall–Kier alpha value is -2.24. The van der Waals surface area contributed by atoms with Crippen LogP contribution in [0, 0.1) is 5.82 Å². The first kappa shape index (κ1) is 17.6. The second-order valence-corrected chi connectivity index (χ2v) is 6.43. The molecular weight excluding hydrogens is 319 g/mol. The average molecular weight is 342 g/mol. The first-order chi connectivity index (χ1) is 12.1. The van der Waals surface area contributed by atoms with Crippen LogP contribution in [0.5, 0.6) is 0 Å². The Morgan fingerprint density at radius 1 is 1.16 bits per heavy atom. The van der Waals surface area contributed by atoms with Gasteiger partial charge in [-0.3, -0.25) is 4.79 Å². The summed E-state index contributed by atoms with van der Waals surface area (Å²) in [5, 5.41) is 2.97. The molecule has 0 saturated carbocycles. The van der Waals surface area contributed by atoms with Gasteiger partial charge < -0.3 is 15.8 Å². The van der Waals surface area contributed by atoms with Gasteiger partial charge in [0.25, 0.3) is 0 Å². The van der Waals surface area contributed by atoms with Crippen LogP contribution in [0.1, 0.15) is 30.0 Å². The zero-order valence-corrected chi connectivity index (χ0v) is 14.1. The molecule has 0 spiro atoms. The average Bonchev–Trinajstić information content (AvgIpc) is 2.67. The molecule has 1 amide bonds. The molecule has 1 aliphatic rings. The summed E-state index contributed by atoms with van der Waals surface area (Å²) in [6.07, 6.45) is 1.06. The lowest BCUT2D eigenvalue weighted by atomic mass is 9.73. The van der Waals surface area contributed by atoms with E-state index < -0.39 is 5.41 Å². The normalized spacial score (nSPS) is 17.7. The van der Waals surface area contributed by atoms with Crippen molar-refractivity contribution in [3.8, 4) is 0 Å². The van der Waals surface area contributed by atoms with Crippen molar-refractivity contribution in [1.82, 2.24) is 5.32 Å². The maximum absolute atomic E-state index is 13.7. The minimum Gasteiger partial charge on any atom is -0.381 e. The summed E-state index contributed by atoms with van der Waals surface area (Å²) in [5.41, 5.74) is 7.08. The molecule has 1 aliphatic heterocycles. The van der Waals surface area contributed by atoms with Gasteiger partial charge in [0.15, 0.2) is 0 Å². The minimum absolute atomic E-state index is 0.118. The predicted molar refractivity (Wildman–Crippen MR) is 94.5 cm³/mol. The maximum atomic E-state index is 13.7. The molecule has 1 unspecified atom stereocenters. The number of nitrogens with one attached hydrogen (secondary N) is 1. The van der Waals surface area contributed by atoms with E-state index in [-0.39, 0.29) is 17.8 Å². The number of carbonyl (C=O) groups excluding carboxylic acids is 1. The van der Waals surface area contributed by atoms with Crippen LogP contribution in [0.4, 0.5) is 4.39 Å². The van der Waals surface area contributed by atoms with Gasteiger partial charge in [-0.1, -0.05) is 42.5 Å². The van der Waals surface area contributed by atoms with E-state index >= 15 is 0 Å². The van der Waals surface area contributed by atoms with Crippen molar-refractivity contribution in [2.24, 2.45) is 5.73 Å². The fourth-order valence-corrected chi connectivity index (χ4v) is 3.34. The van der Waals surface area contributed by atoms with Gasteiger partial charge in [0.1, 0.15) is 5.82 Å². The van der Waals surface area contributed by atoms with E-state index in [1.807, 2.05) is 36.4 Å². The third kappa shape index (κ3) is 3.89. The first-order valence-corrected chi connectivity index (χ1v) is 8.54.